The van der Waals surface area contributed by atoms with Gasteiger partial charge in [-0.2, -0.15) is 0 Å². The first kappa shape index (κ1) is 11.7. The van der Waals surface area contributed by atoms with Crippen LogP contribution in [0.1, 0.15) is 0 Å². The second kappa shape index (κ2) is 5.50. The van der Waals surface area contributed by atoms with Crippen LogP contribution in [-0.4, -0.2) is 30.9 Å². The summed E-state index contributed by atoms with van der Waals surface area (Å²) < 4.78 is 0. The lowest BCUT2D eigenvalue weighted by molar-refractivity contribution is -0.133. The average molecular weight is 226 g/mol. The van der Waals surface area contributed by atoms with Gasteiger partial charge in [0.15, 0.2) is 0 Å². The van der Waals surface area contributed by atoms with Gasteiger partial charge in [0.05, 0.1) is 5.75 Å². The van der Waals surface area contributed by atoms with E-state index in [-0.39, 0.29) is 5.75 Å². The van der Waals surface area contributed by atoms with Crippen LogP contribution in [0.2, 0.25) is 0 Å². The number of rotatable bonds is 5. The van der Waals surface area contributed by atoms with Gasteiger partial charge in [-0.15, -0.1) is 11.8 Å². The number of hydrogen-bond donors (Lipinski definition) is 3. The van der Waals surface area contributed by atoms with Crippen LogP contribution >= 0.6 is 11.8 Å². The van der Waals surface area contributed by atoms with E-state index >= 15 is 0 Å². The summed E-state index contributed by atoms with van der Waals surface area (Å²) >= 11 is 1.31. The first-order valence-electron chi connectivity index (χ1n) is 4.51. The Morgan fingerprint density at radius 2 is 2.13 bits per heavy atom. The summed E-state index contributed by atoms with van der Waals surface area (Å²) in [6.45, 7) is 0. The highest BCUT2D eigenvalue weighted by Crippen LogP contribution is 2.29. The molecule has 0 radical (unpaired) electrons. The highest BCUT2D eigenvalue weighted by atomic mass is 32.2. The molecule has 0 heterocycles. The average Bonchev–Trinajstić information content (AvgIpc) is 2.25. The zero-order valence-electron chi connectivity index (χ0n) is 8.70. The number of thioether (sulfide) groups is 1. The molecule has 1 aromatic rings. The Morgan fingerprint density at radius 3 is 2.67 bits per heavy atom. The topological polar surface area (TPSA) is 61.4 Å². The largest absolute Gasteiger partial charge is 0.481 e. The van der Waals surface area contributed by atoms with Gasteiger partial charge in [0.1, 0.15) is 0 Å². The molecular weight excluding hydrogens is 212 g/mol. The van der Waals surface area contributed by atoms with Crippen molar-refractivity contribution in [1.29, 1.82) is 0 Å². The van der Waals surface area contributed by atoms with Crippen LogP contribution in [0.4, 0.5) is 11.4 Å². The Bertz CT molecular complexity index is 355. The SMILES string of the molecule is CNc1ccc(NC)c(SCC(=O)O)c1. The van der Waals surface area contributed by atoms with Gasteiger partial charge >= 0.3 is 5.97 Å². The van der Waals surface area contributed by atoms with Crippen molar-refractivity contribution < 1.29 is 9.90 Å². The predicted octanol–water partition coefficient (Wildman–Crippen LogP) is 1.95. The molecule has 0 bridgehead atoms. The van der Waals surface area contributed by atoms with Crippen LogP contribution in [0.25, 0.3) is 0 Å². The molecule has 3 N–H and O–H groups in total. The quantitative estimate of drug-likeness (QED) is 0.670. The minimum atomic E-state index is -0.808. The van der Waals surface area contributed by atoms with Crippen molar-refractivity contribution in [3.05, 3.63) is 18.2 Å². The molecule has 5 heteroatoms. The molecule has 0 saturated heterocycles. The number of hydrogen-bond acceptors (Lipinski definition) is 4. The summed E-state index contributed by atoms with van der Waals surface area (Å²) in [6.07, 6.45) is 0. The summed E-state index contributed by atoms with van der Waals surface area (Å²) in [5, 5.41) is 14.7. The van der Waals surface area contributed by atoms with Gasteiger partial charge in [-0.3, -0.25) is 4.79 Å². The molecule has 0 aromatic heterocycles. The van der Waals surface area contributed by atoms with E-state index in [1.807, 2.05) is 32.3 Å². The normalized spacial score (nSPS) is 9.73. The Hall–Kier alpha value is -1.36. The van der Waals surface area contributed by atoms with E-state index in [4.69, 9.17) is 5.11 Å². The second-order valence-electron chi connectivity index (χ2n) is 2.89. The van der Waals surface area contributed by atoms with E-state index in [2.05, 4.69) is 10.6 Å². The summed E-state index contributed by atoms with van der Waals surface area (Å²) in [5.74, 6) is -0.737. The Labute approximate surface area is 93.1 Å². The highest BCUT2D eigenvalue weighted by molar-refractivity contribution is 8.00. The third-order valence-electron chi connectivity index (χ3n) is 1.89. The Kier molecular flexibility index (Phi) is 4.30. The molecule has 0 amide bonds. The standard InChI is InChI=1S/C10H14N2O2S/c1-11-7-3-4-8(12-2)9(5-7)15-6-10(13)14/h3-5,11-12H,6H2,1-2H3,(H,13,14). The lowest BCUT2D eigenvalue weighted by Gasteiger charge is -2.09. The number of carboxylic acid groups (broad SMARTS) is 1. The molecule has 1 rings (SSSR count). The molecule has 4 nitrogen and oxygen atoms in total. The molecule has 0 atom stereocenters. The minimum absolute atomic E-state index is 0.0713. The molecule has 1 aromatic carbocycles. The van der Waals surface area contributed by atoms with Gasteiger partial charge < -0.3 is 15.7 Å². The summed E-state index contributed by atoms with van der Waals surface area (Å²) in [7, 11) is 3.65. The van der Waals surface area contributed by atoms with Crippen molar-refractivity contribution in [2.45, 2.75) is 4.90 Å². The van der Waals surface area contributed by atoms with Crippen molar-refractivity contribution in [3.63, 3.8) is 0 Å². The van der Waals surface area contributed by atoms with E-state index in [9.17, 15) is 4.79 Å². The van der Waals surface area contributed by atoms with Crippen molar-refractivity contribution in [2.24, 2.45) is 0 Å². The van der Waals surface area contributed by atoms with Gasteiger partial charge in [-0.25, -0.2) is 0 Å². The van der Waals surface area contributed by atoms with Crippen LogP contribution in [-0.2, 0) is 4.79 Å². The van der Waals surface area contributed by atoms with Crippen molar-refractivity contribution in [3.8, 4) is 0 Å². The zero-order valence-corrected chi connectivity index (χ0v) is 9.52. The molecule has 0 aliphatic heterocycles. The fourth-order valence-corrected chi connectivity index (χ4v) is 1.96. The molecule has 15 heavy (non-hydrogen) atoms. The van der Waals surface area contributed by atoms with E-state index in [1.54, 1.807) is 0 Å². The summed E-state index contributed by atoms with van der Waals surface area (Å²) in [4.78, 5) is 11.4. The zero-order chi connectivity index (χ0) is 11.3. The number of anilines is 2. The smallest absolute Gasteiger partial charge is 0.313 e. The Morgan fingerprint density at radius 1 is 1.40 bits per heavy atom. The lowest BCUT2D eigenvalue weighted by atomic mass is 10.3. The molecule has 0 unspecified atom stereocenters. The summed E-state index contributed by atoms with van der Waals surface area (Å²) in [5.41, 5.74) is 1.92. The molecule has 0 aliphatic carbocycles. The van der Waals surface area contributed by atoms with Crippen LogP contribution in [0.3, 0.4) is 0 Å². The Balaban J connectivity index is 2.85. The first-order valence-corrected chi connectivity index (χ1v) is 5.50. The van der Waals surface area contributed by atoms with Gasteiger partial charge in [0.2, 0.25) is 0 Å². The van der Waals surface area contributed by atoms with E-state index in [0.717, 1.165) is 16.3 Å². The fourth-order valence-electron chi connectivity index (χ4n) is 1.14. The van der Waals surface area contributed by atoms with Crippen molar-refractivity contribution >= 4 is 29.1 Å². The maximum Gasteiger partial charge on any atom is 0.313 e. The molecule has 0 saturated carbocycles. The van der Waals surface area contributed by atoms with E-state index in [0.29, 0.717) is 0 Å². The lowest BCUT2D eigenvalue weighted by Crippen LogP contribution is -1.99. The molecule has 0 aliphatic rings. The maximum absolute atomic E-state index is 10.5. The van der Waals surface area contributed by atoms with Crippen LogP contribution < -0.4 is 10.6 Å². The number of carboxylic acids is 1. The van der Waals surface area contributed by atoms with Gasteiger partial charge in [0, 0.05) is 30.4 Å². The van der Waals surface area contributed by atoms with Gasteiger partial charge in [-0.05, 0) is 18.2 Å². The van der Waals surface area contributed by atoms with Gasteiger partial charge in [-0.1, -0.05) is 0 Å². The highest BCUT2D eigenvalue weighted by Gasteiger charge is 2.05. The monoisotopic (exact) mass is 226 g/mol. The number of nitrogens with one attached hydrogen (secondary N) is 2. The molecular formula is C10H14N2O2S. The fraction of sp³-hybridized carbons (Fsp3) is 0.300. The number of benzene rings is 1. The number of aliphatic carboxylic acids is 1. The van der Waals surface area contributed by atoms with Crippen molar-refractivity contribution in [1.82, 2.24) is 0 Å². The van der Waals surface area contributed by atoms with Crippen LogP contribution in [0.5, 0.6) is 0 Å². The molecule has 0 spiro atoms. The maximum atomic E-state index is 10.5. The van der Waals surface area contributed by atoms with E-state index in [1.165, 1.54) is 11.8 Å². The first-order chi connectivity index (χ1) is 7.17. The minimum Gasteiger partial charge on any atom is -0.481 e. The second-order valence-corrected chi connectivity index (χ2v) is 3.91. The van der Waals surface area contributed by atoms with Crippen LogP contribution in [0.15, 0.2) is 23.1 Å². The third-order valence-corrected chi connectivity index (χ3v) is 2.93. The number of carbonyl (C=O) groups is 1. The van der Waals surface area contributed by atoms with Crippen molar-refractivity contribution in [2.75, 3.05) is 30.5 Å². The van der Waals surface area contributed by atoms with Crippen LogP contribution in [0, 0.1) is 0 Å². The predicted molar refractivity (Wildman–Crippen MR) is 63.9 cm³/mol. The van der Waals surface area contributed by atoms with E-state index < -0.39 is 5.97 Å². The molecule has 82 valence electrons. The summed E-state index contributed by atoms with van der Waals surface area (Å²) in [6, 6.07) is 5.80. The molecule has 0 fully saturated rings. The third kappa shape index (κ3) is 3.36. The van der Waals surface area contributed by atoms with Gasteiger partial charge in [0.25, 0.3) is 0 Å².